The van der Waals surface area contributed by atoms with Crippen LogP contribution in [0.3, 0.4) is 0 Å². The molecule has 106 valence electrons. The quantitative estimate of drug-likeness (QED) is 0.848. The number of nitrogens with zero attached hydrogens (tertiary/aromatic N) is 2. The molecule has 0 aliphatic carbocycles. The van der Waals surface area contributed by atoms with Gasteiger partial charge in [0.25, 0.3) is 0 Å². The van der Waals surface area contributed by atoms with Crippen LogP contribution < -0.4 is 0 Å². The van der Waals surface area contributed by atoms with Crippen molar-refractivity contribution in [3.63, 3.8) is 0 Å². The van der Waals surface area contributed by atoms with Crippen LogP contribution in [0.2, 0.25) is 4.34 Å². The first kappa shape index (κ1) is 14.0. The lowest BCUT2D eigenvalue weighted by Gasteiger charge is -2.34. The highest BCUT2D eigenvalue weighted by molar-refractivity contribution is 7.16. The van der Waals surface area contributed by atoms with E-state index in [-0.39, 0.29) is 11.9 Å². The molecule has 1 amide bonds. The van der Waals surface area contributed by atoms with E-state index in [4.69, 9.17) is 11.6 Å². The fraction of sp³-hybridized carbons (Fsp3) is 0.429. The van der Waals surface area contributed by atoms with Crippen LogP contribution >= 0.6 is 34.3 Å². The zero-order chi connectivity index (χ0) is 13.9. The minimum absolute atomic E-state index is 0.159. The number of likely N-dealkylation sites (tertiary alicyclic amines) is 1. The number of carbonyl (C=O) groups excluding carboxylic acids is 1. The van der Waals surface area contributed by atoms with Gasteiger partial charge < -0.3 is 4.90 Å². The van der Waals surface area contributed by atoms with Crippen molar-refractivity contribution in [2.24, 2.45) is 0 Å². The molecule has 1 atom stereocenters. The molecule has 0 aromatic carbocycles. The van der Waals surface area contributed by atoms with Crippen molar-refractivity contribution in [2.75, 3.05) is 6.54 Å². The molecule has 0 N–H and O–H groups in total. The first-order valence-electron chi connectivity index (χ1n) is 6.67. The van der Waals surface area contributed by atoms with Crippen molar-refractivity contribution < 1.29 is 4.79 Å². The molecule has 1 fully saturated rings. The molecule has 6 heteroatoms. The topological polar surface area (TPSA) is 33.2 Å². The summed E-state index contributed by atoms with van der Waals surface area (Å²) >= 11 is 9.05. The Kier molecular flexibility index (Phi) is 4.38. The van der Waals surface area contributed by atoms with Gasteiger partial charge in [0.05, 0.1) is 16.8 Å². The lowest BCUT2D eigenvalue weighted by Crippen LogP contribution is -2.39. The van der Waals surface area contributed by atoms with E-state index >= 15 is 0 Å². The van der Waals surface area contributed by atoms with Gasteiger partial charge in [0.2, 0.25) is 5.91 Å². The van der Waals surface area contributed by atoms with Crippen molar-refractivity contribution in [1.29, 1.82) is 0 Å². The summed E-state index contributed by atoms with van der Waals surface area (Å²) in [6.07, 6.45) is 5.53. The monoisotopic (exact) mass is 326 g/mol. The van der Waals surface area contributed by atoms with E-state index < -0.39 is 0 Å². The van der Waals surface area contributed by atoms with Crippen LogP contribution in [0.15, 0.2) is 23.7 Å². The summed E-state index contributed by atoms with van der Waals surface area (Å²) < 4.78 is 0.739. The van der Waals surface area contributed by atoms with Crippen molar-refractivity contribution in [3.8, 4) is 0 Å². The molecule has 1 saturated heterocycles. The Morgan fingerprint density at radius 1 is 1.45 bits per heavy atom. The SMILES string of the molecule is O=C(Cc1ccc(Cl)s1)N1CCCC[C@@H]1c1nccs1. The fourth-order valence-corrected chi connectivity index (χ4v) is 4.45. The minimum atomic E-state index is 0.159. The second kappa shape index (κ2) is 6.24. The molecule has 3 heterocycles. The van der Waals surface area contributed by atoms with Gasteiger partial charge in [0.1, 0.15) is 5.01 Å². The Balaban J connectivity index is 1.74. The van der Waals surface area contributed by atoms with Gasteiger partial charge in [-0.2, -0.15) is 0 Å². The van der Waals surface area contributed by atoms with Crippen molar-refractivity contribution in [2.45, 2.75) is 31.7 Å². The Morgan fingerprint density at radius 2 is 2.35 bits per heavy atom. The van der Waals surface area contributed by atoms with Crippen LogP contribution in [0.25, 0.3) is 0 Å². The summed E-state index contributed by atoms with van der Waals surface area (Å²) in [6.45, 7) is 0.836. The highest BCUT2D eigenvalue weighted by Gasteiger charge is 2.29. The molecule has 3 rings (SSSR count). The van der Waals surface area contributed by atoms with Gasteiger partial charge in [-0.15, -0.1) is 22.7 Å². The molecular weight excluding hydrogens is 312 g/mol. The number of carbonyl (C=O) groups is 1. The van der Waals surface area contributed by atoms with E-state index in [1.807, 2.05) is 28.6 Å². The largest absolute Gasteiger partial charge is 0.333 e. The Hall–Kier alpha value is -0.910. The van der Waals surface area contributed by atoms with E-state index in [0.29, 0.717) is 6.42 Å². The summed E-state index contributed by atoms with van der Waals surface area (Å²) in [5, 5.41) is 3.04. The van der Waals surface area contributed by atoms with Crippen molar-refractivity contribution >= 4 is 40.2 Å². The smallest absolute Gasteiger partial charge is 0.228 e. The standard InChI is InChI=1S/C14H15ClN2OS2/c15-12-5-4-10(20-12)9-13(18)17-7-2-1-3-11(17)14-16-6-8-19-14/h4-6,8,11H,1-3,7,9H2/t11-/m1/s1. The highest BCUT2D eigenvalue weighted by atomic mass is 35.5. The Morgan fingerprint density at radius 3 is 3.05 bits per heavy atom. The maximum atomic E-state index is 12.5. The molecular formula is C14H15ClN2OS2. The number of amides is 1. The van der Waals surface area contributed by atoms with Crippen molar-refractivity contribution in [3.05, 3.63) is 37.9 Å². The zero-order valence-corrected chi connectivity index (χ0v) is 13.3. The number of piperidine rings is 1. The Bertz CT molecular complexity index is 582. The van der Waals surface area contributed by atoms with Crippen LogP contribution in [-0.4, -0.2) is 22.3 Å². The van der Waals surface area contributed by atoms with Crippen molar-refractivity contribution in [1.82, 2.24) is 9.88 Å². The average molecular weight is 327 g/mol. The van der Waals surface area contributed by atoms with E-state index in [2.05, 4.69) is 4.98 Å². The van der Waals surface area contributed by atoms with Gasteiger partial charge in [0, 0.05) is 23.0 Å². The molecule has 0 bridgehead atoms. The van der Waals surface area contributed by atoms with Gasteiger partial charge in [-0.25, -0.2) is 4.98 Å². The molecule has 2 aromatic heterocycles. The molecule has 3 nitrogen and oxygen atoms in total. The second-order valence-electron chi connectivity index (χ2n) is 4.85. The van der Waals surface area contributed by atoms with E-state index in [0.717, 1.165) is 33.6 Å². The van der Waals surface area contributed by atoms with E-state index in [1.54, 1.807) is 11.3 Å². The van der Waals surface area contributed by atoms with E-state index in [1.165, 1.54) is 17.8 Å². The summed E-state index contributed by atoms with van der Waals surface area (Å²) in [5.74, 6) is 0.184. The summed E-state index contributed by atoms with van der Waals surface area (Å²) in [5.41, 5.74) is 0. The third-order valence-electron chi connectivity index (χ3n) is 3.51. The summed E-state index contributed by atoms with van der Waals surface area (Å²) in [4.78, 5) is 20.0. The average Bonchev–Trinajstić information content (AvgIpc) is 3.10. The molecule has 1 aliphatic rings. The second-order valence-corrected chi connectivity index (χ2v) is 7.58. The molecule has 20 heavy (non-hydrogen) atoms. The lowest BCUT2D eigenvalue weighted by molar-refractivity contribution is -0.134. The minimum Gasteiger partial charge on any atom is -0.333 e. The van der Waals surface area contributed by atoms with Crippen LogP contribution in [-0.2, 0) is 11.2 Å². The first-order valence-corrected chi connectivity index (χ1v) is 8.74. The van der Waals surface area contributed by atoms with Gasteiger partial charge in [-0.3, -0.25) is 4.79 Å². The number of thiophene rings is 1. The molecule has 0 unspecified atom stereocenters. The third kappa shape index (κ3) is 3.05. The van der Waals surface area contributed by atoms with Crippen LogP contribution in [0.5, 0.6) is 0 Å². The van der Waals surface area contributed by atoms with E-state index in [9.17, 15) is 4.79 Å². The normalized spacial score (nSPS) is 19.2. The predicted octanol–water partition coefficient (Wildman–Crippen LogP) is 4.15. The van der Waals surface area contributed by atoms with Gasteiger partial charge >= 0.3 is 0 Å². The number of halogens is 1. The highest BCUT2D eigenvalue weighted by Crippen LogP contribution is 2.33. The number of aromatic nitrogens is 1. The molecule has 1 aliphatic heterocycles. The number of hydrogen-bond donors (Lipinski definition) is 0. The molecule has 0 spiro atoms. The Labute approximate surface area is 131 Å². The fourth-order valence-electron chi connectivity index (χ4n) is 2.58. The lowest BCUT2D eigenvalue weighted by atomic mass is 10.0. The van der Waals surface area contributed by atoms with Crippen LogP contribution in [0.1, 0.15) is 35.2 Å². The van der Waals surface area contributed by atoms with Crippen LogP contribution in [0.4, 0.5) is 0 Å². The molecule has 0 radical (unpaired) electrons. The zero-order valence-electron chi connectivity index (χ0n) is 10.9. The summed E-state index contributed by atoms with van der Waals surface area (Å²) in [7, 11) is 0. The first-order chi connectivity index (χ1) is 9.74. The summed E-state index contributed by atoms with van der Waals surface area (Å²) in [6, 6.07) is 3.95. The third-order valence-corrected chi connectivity index (χ3v) is 5.62. The van der Waals surface area contributed by atoms with Crippen LogP contribution in [0, 0.1) is 0 Å². The van der Waals surface area contributed by atoms with Gasteiger partial charge in [-0.05, 0) is 31.4 Å². The van der Waals surface area contributed by atoms with Gasteiger partial charge in [-0.1, -0.05) is 11.6 Å². The number of thiazole rings is 1. The maximum Gasteiger partial charge on any atom is 0.228 e. The predicted molar refractivity (Wildman–Crippen MR) is 83.5 cm³/mol. The number of hydrogen-bond acceptors (Lipinski definition) is 4. The van der Waals surface area contributed by atoms with Gasteiger partial charge in [0.15, 0.2) is 0 Å². The molecule has 2 aromatic rings. The molecule has 0 saturated carbocycles. The maximum absolute atomic E-state index is 12.5. The number of rotatable bonds is 3.